The summed E-state index contributed by atoms with van der Waals surface area (Å²) in [7, 11) is -3.33. The molecular weight excluding hydrogens is 263 g/mol. The molecule has 0 N–H and O–H groups in total. The van der Waals surface area contributed by atoms with Crippen molar-refractivity contribution in [3.63, 3.8) is 0 Å². The molecule has 0 aliphatic carbocycles. The average Bonchev–Trinajstić information content (AvgIpc) is 2.40. The zero-order valence-electron chi connectivity index (χ0n) is 11.1. The summed E-state index contributed by atoms with van der Waals surface area (Å²) < 4.78 is 16.1. The van der Waals surface area contributed by atoms with Gasteiger partial charge in [-0.2, -0.15) is 0 Å². The minimum absolute atomic E-state index is 0.196. The molecule has 1 fully saturated rings. The molecule has 5 nitrogen and oxygen atoms in total. The molecule has 2 amide bonds. The van der Waals surface area contributed by atoms with Crippen molar-refractivity contribution in [2.45, 2.75) is 20.3 Å². The maximum atomic E-state index is 13.4. The summed E-state index contributed by atoms with van der Waals surface area (Å²) in [6, 6.07) is 8.76. The maximum Gasteiger partial charge on any atom is 0.297 e. The van der Waals surface area contributed by atoms with E-state index in [1.165, 1.54) is 9.34 Å². The van der Waals surface area contributed by atoms with Gasteiger partial charge in [-0.3, -0.25) is 23.5 Å². The number of carbonyl (C=O) groups is 2. The number of rotatable bonds is 3. The normalized spacial score (nSPS) is 18.8. The molecule has 1 aromatic carbocycles. The maximum absolute atomic E-state index is 13.4. The molecule has 0 unspecified atom stereocenters. The first-order chi connectivity index (χ1) is 9.05. The van der Waals surface area contributed by atoms with E-state index < -0.39 is 7.44 Å². The van der Waals surface area contributed by atoms with E-state index in [0.717, 1.165) is 0 Å². The molecule has 0 spiro atoms. The van der Waals surface area contributed by atoms with Gasteiger partial charge in [0.15, 0.2) is 0 Å². The monoisotopic (exact) mass is 280 g/mol. The molecule has 102 valence electrons. The SMILES string of the molecule is CCN1C(=O)CC(=O)N(CC)P1(=O)c1ccccc1. The number of hydrogen-bond donors (Lipinski definition) is 0. The van der Waals surface area contributed by atoms with Crippen LogP contribution >= 0.6 is 7.44 Å². The Kier molecular flexibility index (Phi) is 3.76. The average molecular weight is 280 g/mol. The van der Waals surface area contributed by atoms with E-state index in [1.807, 2.05) is 6.07 Å². The Hall–Kier alpha value is -1.61. The van der Waals surface area contributed by atoms with Crippen LogP contribution in [-0.2, 0) is 14.2 Å². The summed E-state index contributed by atoms with van der Waals surface area (Å²) in [6.45, 7) is 4.21. The van der Waals surface area contributed by atoms with Gasteiger partial charge in [-0.05, 0) is 26.0 Å². The third kappa shape index (κ3) is 2.08. The molecule has 1 aliphatic rings. The Morgan fingerprint density at radius 2 is 1.47 bits per heavy atom. The molecule has 6 heteroatoms. The highest BCUT2D eigenvalue weighted by Gasteiger charge is 2.47. The number of benzene rings is 1. The highest BCUT2D eigenvalue weighted by molar-refractivity contribution is 7.68. The van der Waals surface area contributed by atoms with Crippen molar-refractivity contribution in [3.05, 3.63) is 30.3 Å². The van der Waals surface area contributed by atoms with Crippen LogP contribution in [0.25, 0.3) is 0 Å². The van der Waals surface area contributed by atoms with E-state index in [9.17, 15) is 14.2 Å². The Balaban J connectivity index is 2.61. The van der Waals surface area contributed by atoms with Crippen molar-refractivity contribution in [1.29, 1.82) is 0 Å². The molecule has 1 saturated heterocycles. The summed E-state index contributed by atoms with van der Waals surface area (Å²) in [6.07, 6.45) is -0.196. The second-order valence-corrected chi connectivity index (χ2v) is 6.85. The smallest absolute Gasteiger partial charge is 0.274 e. The van der Waals surface area contributed by atoms with Crippen LogP contribution in [0, 0.1) is 0 Å². The fourth-order valence-electron chi connectivity index (χ4n) is 2.38. The van der Waals surface area contributed by atoms with E-state index in [-0.39, 0.29) is 18.2 Å². The van der Waals surface area contributed by atoms with Crippen LogP contribution in [0.1, 0.15) is 20.3 Å². The Bertz CT molecular complexity index is 518. The largest absolute Gasteiger partial charge is 0.297 e. The van der Waals surface area contributed by atoms with Crippen LogP contribution < -0.4 is 5.30 Å². The topological polar surface area (TPSA) is 57.7 Å². The van der Waals surface area contributed by atoms with E-state index in [1.54, 1.807) is 38.1 Å². The van der Waals surface area contributed by atoms with Crippen molar-refractivity contribution in [1.82, 2.24) is 9.34 Å². The molecular formula is C13H17N2O3P. The summed E-state index contributed by atoms with van der Waals surface area (Å²) in [5.74, 6) is -0.714. The van der Waals surface area contributed by atoms with Gasteiger partial charge in [0.1, 0.15) is 6.42 Å². The molecule has 1 aromatic rings. The van der Waals surface area contributed by atoms with Crippen molar-refractivity contribution < 1.29 is 14.2 Å². The Labute approximate surface area is 112 Å². The van der Waals surface area contributed by atoms with Crippen molar-refractivity contribution in [3.8, 4) is 0 Å². The van der Waals surface area contributed by atoms with E-state index in [2.05, 4.69) is 0 Å². The van der Waals surface area contributed by atoms with Gasteiger partial charge in [-0.15, -0.1) is 0 Å². The summed E-state index contributed by atoms with van der Waals surface area (Å²) in [5.41, 5.74) is 0. The van der Waals surface area contributed by atoms with E-state index in [4.69, 9.17) is 0 Å². The predicted molar refractivity (Wildman–Crippen MR) is 73.1 cm³/mol. The number of amides is 2. The summed E-state index contributed by atoms with van der Waals surface area (Å²) in [5, 5.41) is 0.528. The van der Waals surface area contributed by atoms with Crippen LogP contribution in [0.15, 0.2) is 30.3 Å². The first-order valence-electron chi connectivity index (χ1n) is 6.33. The summed E-state index contributed by atoms with van der Waals surface area (Å²) in [4.78, 5) is 24.0. The molecule has 0 atom stereocenters. The highest BCUT2D eigenvalue weighted by Crippen LogP contribution is 2.54. The van der Waals surface area contributed by atoms with Gasteiger partial charge in [0, 0.05) is 13.1 Å². The first kappa shape index (κ1) is 13.8. The van der Waals surface area contributed by atoms with E-state index >= 15 is 0 Å². The molecule has 0 radical (unpaired) electrons. The lowest BCUT2D eigenvalue weighted by atomic mass is 10.3. The van der Waals surface area contributed by atoms with Gasteiger partial charge in [-0.25, -0.2) is 0 Å². The minimum Gasteiger partial charge on any atom is -0.274 e. The molecule has 0 bridgehead atoms. The minimum atomic E-state index is -3.33. The quantitative estimate of drug-likeness (QED) is 0.624. The number of carbonyl (C=O) groups excluding carboxylic acids is 2. The van der Waals surface area contributed by atoms with Crippen LogP contribution in [0.3, 0.4) is 0 Å². The zero-order chi connectivity index (χ0) is 14.0. The fourth-order valence-corrected chi connectivity index (χ4v) is 5.27. The lowest BCUT2D eigenvalue weighted by Gasteiger charge is -2.42. The third-order valence-corrected chi connectivity index (χ3v) is 6.52. The van der Waals surface area contributed by atoms with Crippen LogP contribution in [0.5, 0.6) is 0 Å². The first-order valence-corrected chi connectivity index (χ1v) is 7.94. The number of nitrogens with zero attached hydrogens (tertiary/aromatic N) is 2. The third-order valence-electron chi connectivity index (χ3n) is 3.22. The second-order valence-electron chi connectivity index (χ2n) is 4.28. The zero-order valence-corrected chi connectivity index (χ0v) is 12.0. The van der Waals surface area contributed by atoms with Crippen LogP contribution in [0.2, 0.25) is 0 Å². The van der Waals surface area contributed by atoms with Crippen molar-refractivity contribution in [2.24, 2.45) is 0 Å². The number of hydrogen-bond acceptors (Lipinski definition) is 3. The molecule has 0 aromatic heterocycles. The molecule has 2 rings (SSSR count). The van der Waals surface area contributed by atoms with Gasteiger partial charge >= 0.3 is 0 Å². The lowest BCUT2D eigenvalue weighted by Crippen LogP contribution is -2.48. The Morgan fingerprint density at radius 1 is 1.00 bits per heavy atom. The van der Waals surface area contributed by atoms with Crippen LogP contribution in [0.4, 0.5) is 0 Å². The lowest BCUT2D eigenvalue weighted by molar-refractivity contribution is -0.138. The Morgan fingerprint density at radius 3 is 1.89 bits per heavy atom. The molecule has 1 aliphatic heterocycles. The second kappa shape index (κ2) is 5.17. The predicted octanol–water partition coefficient (Wildman–Crippen LogP) is 1.61. The van der Waals surface area contributed by atoms with Gasteiger partial charge in [0.25, 0.3) is 7.44 Å². The highest BCUT2D eigenvalue weighted by atomic mass is 31.2. The molecule has 1 heterocycles. The molecule has 0 saturated carbocycles. The van der Waals surface area contributed by atoms with Gasteiger partial charge in [-0.1, -0.05) is 18.2 Å². The molecule has 19 heavy (non-hydrogen) atoms. The van der Waals surface area contributed by atoms with Gasteiger partial charge in [0.05, 0.1) is 5.30 Å². The van der Waals surface area contributed by atoms with Crippen molar-refractivity contribution in [2.75, 3.05) is 13.1 Å². The van der Waals surface area contributed by atoms with Gasteiger partial charge < -0.3 is 0 Å². The van der Waals surface area contributed by atoms with E-state index in [0.29, 0.717) is 18.4 Å². The standard InChI is InChI=1S/C13H17N2O3P/c1-3-14-12(16)10-13(17)15(4-2)19(14,18)11-8-6-5-7-9-11/h5-9H,3-4,10H2,1-2H3. The van der Waals surface area contributed by atoms with Crippen LogP contribution in [-0.4, -0.2) is 34.2 Å². The van der Waals surface area contributed by atoms with Gasteiger partial charge in [0.2, 0.25) is 11.8 Å². The van der Waals surface area contributed by atoms with Crippen molar-refractivity contribution >= 4 is 24.6 Å². The fraction of sp³-hybridized carbons (Fsp3) is 0.385. The summed E-state index contributed by atoms with van der Waals surface area (Å²) >= 11 is 0.